The second-order valence-corrected chi connectivity index (χ2v) is 12.6. The van der Waals surface area contributed by atoms with E-state index in [1.165, 1.54) is 35.0 Å². The van der Waals surface area contributed by atoms with Gasteiger partial charge in [-0.15, -0.1) is 11.3 Å². The molecule has 4 N–H and O–H groups in total. The number of nitrogens with one attached hydrogen (secondary N) is 4. The molecule has 0 atom stereocenters. The molecule has 0 aliphatic carbocycles. The van der Waals surface area contributed by atoms with Crippen molar-refractivity contribution in [2.45, 2.75) is 4.21 Å². The molecule has 14 heteroatoms. The van der Waals surface area contributed by atoms with Crippen LogP contribution in [0.1, 0.15) is 10.4 Å². The first-order chi connectivity index (χ1) is 19.0. The van der Waals surface area contributed by atoms with E-state index in [2.05, 4.69) is 16.0 Å². The van der Waals surface area contributed by atoms with E-state index in [0.717, 1.165) is 17.0 Å². The summed E-state index contributed by atoms with van der Waals surface area (Å²) in [6.45, 7) is 1.07. The number of halogens is 1. The molecule has 4 rings (SSSR count). The van der Waals surface area contributed by atoms with Gasteiger partial charge in [0.2, 0.25) is 0 Å². The van der Waals surface area contributed by atoms with Crippen molar-refractivity contribution in [3.8, 4) is 5.69 Å². The van der Waals surface area contributed by atoms with Gasteiger partial charge in [-0.1, -0.05) is 11.6 Å². The molecule has 2 heterocycles. The second kappa shape index (κ2) is 12.1. The number of anilines is 2. The van der Waals surface area contributed by atoms with Crippen LogP contribution in [0.5, 0.6) is 0 Å². The number of rotatable bonds is 9. The van der Waals surface area contributed by atoms with Gasteiger partial charge >= 0.3 is 6.03 Å². The molecule has 0 unspecified atom stereocenters. The summed E-state index contributed by atoms with van der Waals surface area (Å²) in [5.41, 5.74) is 1.48. The lowest BCUT2D eigenvalue weighted by atomic mass is 10.1. The molecule has 0 aliphatic heterocycles. The van der Waals surface area contributed by atoms with E-state index in [0.29, 0.717) is 35.1 Å². The number of carbonyl (C=O) groups excluding carboxylic acids is 2. The Bertz CT molecular complexity index is 1730. The summed E-state index contributed by atoms with van der Waals surface area (Å²) in [5.74, 6) is -0.322. The van der Waals surface area contributed by atoms with Gasteiger partial charge in [0, 0.05) is 54.2 Å². The fraction of sp³-hybridized carbons (Fsp3) is 0.192. The third-order valence-corrected chi connectivity index (χ3v) is 8.89. The number of pyridine rings is 1. The number of carbonyl (C=O) groups is 2. The highest BCUT2D eigenvalue weighted by Crippen LogP contribution is 2.26. The quantitative estimate of drug-likeness (QED) is 0.230. The molecule has 4 aromatic rings. The van der Waals surface area contributed by atoms with Gasteiger partial charge in [0.1, 0.15) is 4.21 Å². The third kappa shape index (κ3) is 6.62. The molecule has 11 nitrogen and oxygen atoms in total. The molecule has 2 aromatic carbocycles. The molecular formula is C26H27ClN6O5S2. The Hall–Kier alpha value is -3.91. The predicted molar refractivity (Wildman–Crippen MR) is 159 cm³/mol. The van der Waals surface area contributed by atoms with Crippen LogP contribution in [-0.4, -0.2) is 64.1 Å². The lowest BCUT2D eigenvalue weighted by molar-refractivity contribution is 0.0952. The van der Waals surface area contributed by atoms with Gasteiger partial charge in [0.15, 0.2) is 0 Å². The predicted octanol–water partition coefficient (Wildman–Crippen LogP) is 3.55. The van der Waals surface area contributed by atoms with E-state index < -0.39 is 16.1 Å². The lowest BCUT2D eigenvalue weighted by Crippen LogP contribution is -2.34. The first-order valence-corrected chi connectivity index (χ1v) is 14.7. The van der Waals surface area contributed by atoms with Crippen LogP contribution in [-0.2, 0) is 10.0 Å². The average molecular weight is 603 g/mol. The van der Waals surface area contributed by atoms with Gasteiger partial charge in [0.25, 0.3) is 21.5 Å². The van der Waals surface area contributed by atoms with Crippen molar-refractivity contribution in [2.24, 2.45) is 0 Å². The van der Waals surface area contributed by atoms with Crippen LogP contribution in [0, 0.1) is 0 Å². The van der Waals surface area contributed by atoms with Crippen LogP contribution < -0.4 is 26.2 Å². The molecular weight excluding hydrogens is 576 g/mol. The summed E-state index contributed by atoms with van der Waals surface area (Å²) in [6.07, 6.45) is 1.49. The van der Waals surface area contributed by atoms with E-state index in [-0.39, 0.29) is 25.7 Å². The number of sulfonamides is 1. The number of thiophene rings is 1. The normalized spacial score (nSPS) is 11.4. The van der Waals surface area contributed by atoms with Crippen LogP contribution in [0.4, 0.5) is 16.2 Å². The van der Waals surface area contributed by atoms with Crippen molar-refractivity contribution in [3.05, 3.63) is 81.0 Å². The number of nitrogens with zero attached hydrogens (tertiary/aromatic N) is 2. The van der Waals surface area contributed by atoms with Gasteiger partial charge in [-0.2, -0.15) is 0 Å². The number of benzene rings is 2. The van der Waals surface area contributed by atoms with E-state index in [1.807, 2.05) is 23.7 Å². The maximum absolute atomic E-state index is 13.4. The molecule has 0 aliphatic rings. The Morgan fingerprint density at radius 2 is 1.70 bits per heavy atom. The molecule has 0 radical (unpaired) electrons. The number of amides is 3. The molecule has 3 amide bonds. The van der Waals surface area contributed by atoms with E-state index >= 15 is 0 Å². The third-order valence-electron chi connectivity index (χ3n) is 5.84. The highest BCUT2D eigenvalue weighted by Gasteiger charge is 2.20. The molecule has 210 valence electrons. The van der Waals surface area contributed by atoms with Crippen LogP contribution >= 0.6 is 22.9 Å². The Labute approximate surface area is 239 Å². The SMILES string of the molecule is CNc1ccc2c(=O)n(-c3ccc(NC(=O)NS(=O)(=O)c4ccc(Cl)s4)cc3)cc(C(=O)NCCN(C)C)c2c1. The summed E-state index contributed by atoms with van der Waals surface area (Å²) in [7, 11) is 1.48. The zero-order chi connectivity index (χ0) is 29.0. The molecule has 2 aromatic heterocycles. The van der Waals surface area contributed by atoms with E-state index in [9.17, 15) is 22.8 Å². The summed E-state index contributed by atoms with van der Waals surface area (Å²) in [6, 6.07) is 13.1. The maximum Gasteiger partial charge on any atom is 0.333 e. The molecule has 40 heavy (non-hydrogen) atoms. The van der Waals surface area contributed by atoms with Gasteiger partial charge in [0.05, 0.1) is 9.90 Å². The zero-order valence-electron chi connectivity index (χ0n) is 21.8. The van der Waals surface area contributed by atoms with Crippen molar-refractivity contribution in [1.29, 1.82) is 0 Å². The van der Waals surface area contributed by atoms with Gasteiger partial charge in [-0.25, -0.2) is 17.9 Å². The largest absolute Gasteiger partial charge is 0.388 e. The minimum absolute atomic E-state index is 0.0953. The summed E-state index contributed by atoms with van der Waals surface area (Å²) < 4.78 is 28.2. The van der Waals surface area contributed by atoms with E-state index in [4.69, 9.17) is 11.6 Å². The Balaban J connectivity index is 1.61. The van der Waals surface area contributed by atoms with Crippen molar-refractivity contribution < 1.29 is 18.0 Å². The van der Waals surface area contributed by atoms with Crippen LogP contribution in [0.25, 0.3) is 16.5 Å². The van der Waals surface area contributed by atoms with Crippen molar-refractivity contribution in [1.82, 2.24) is 19.5 Å². The number of fused-ring (bicyclic) bond motifs is 1. The molecule has 0 saturated heterocycles. The monoisotopic (exact) mass is 602 g/mol. The fourth-order valence-electron chi connectivity index (χ4n) is 3.83. The standard InChI is InChI=1S/C26H27ClN6O5S2/c1-28-17-6-9-19-20(14-17)21(24(34)29-12-13-32(2)3)15-33(25(19)35)18-7-4-16(5-8-18)30-26(36)31-40(37,38)23-11-10-22(27)39-23/h4-11,14-15,28H,12-13H2,1-3H3,(H,29,34)(H2,30,31,36). The number of urea groups is 1. The maximum atomic E-state index is 13.4. The molecule has 0 spiro atoms. The van der Waals surface area contributed by atoms with Crippen LogP contribution in [0.3, 0.4) is 0 Å². The van der Waals surface area contributed by atoms with Crippen LogP contribution in [0.2, 0.25) is 4.34 Å². The summed E-state index contributed by atoms with van der Waals surface area (Å²) in [5, 5.41) is 9.24. The van der Waals surface area contributed by atoms with Crippen molar-refractivity contribution >= 4 is 67.0 Å². The first kappa shape index (κ1) is 29.1. The minimum Gasteiger partial charge on any atom is -0.388 e. The van der Waals surface area contributed by atoms with Crippen molar-refractivity contribution in [2.75, 3.05) is 44.9 Å². The van der Waals surface area contributed by atoms with Crippen molar-refractivity contribution in [3.63, 3.8) is 0 Å². The second-order valence-electron chi connectivity index (χ2n) is 8.95. The Morgan fingerprint density at radius 1 is 1.00 bits per heavy atom. The van der Waals surface area contributed by atoms with Crippen LogP contribution in [0.15, 0.2) is 69.8 Å². The number of likely N-dealkylation sites (N-methyl/N-ethyl adjacent to an activating group) is 1. The Kier molecular flexibility index (Phi) is 8.79. The zero-order valence-corrected chi connectivity index (χ0v) is 24.2. The smallest absolute Gasteiger partial charge is 0.333 e. The molecule has 0 saturated carbocycles. The minimum atomic E-state index is -4.08. The van der Waals surface area contributed by atoms with Gasteiger partial charge in [-0.05, 0) is 68.7 Å². The summed E-state index contributed by atoms with van der Waals surface area (Å²) in [4.78, 5) is 40.8. The van der Waals surface area contributed by atoms with Gasteiger partial charge < -0.3 is 20.9 Å². The number of aromatic nitrogens is 1. The van der Waals surface area contributed by atoms with E-state index in [1.54, 1.807) is 37.4 Å². The fourth-order valence-corrected chi connectivity index (χ4v) is 6.22. The average Bonchev–Trinajstić information content (AvgIpc) is 3.36. The number of hydrogen-bond donors (Lipinski definition) is 4. The van der Waals surface area contributed by atoms with Gasteiger partial charge in [-0.3, -0.25) is 14.2 Å². The summed E-state index contributed by atoms with van der Waals surface area (Å²) >= 11 is 6.61. The topological polar surface area (TPSA) is 142 Å². The Morgan fingerprint density at radius 3 is 2.33 bits per heavy atom. The molecule has 0 bridgehead atoms. The number of hydrogen-bond acceptors (Lipinski definition) is 8. The molecule has 0 fully saturated rings. The highest BCUT2D eigenvalue weighted by molar-refractivity contribution is 7.92. The first-order valence-electron chi connectivity index (χ1n) is 12.0. The lowest BCUT2D eigenvalue weighted by Gasteiger charge is -2.15. The highest BCUT2D eigenvalue weighted by atomic mass is 35.5.